The molecule has 6 nitrogen and oxygen atoms in total. The third-order valence-electron chi connectivity index (χ3n) is 1.70. The molecule has 0 fully saturated rings. The molecule has 0 aromatic rings. The van der Waals surface area contributed by atoms with Crippen LogP contribution in [-0.4, -0.2) is 48.6 Å². The van der Waals surface area contributed by atoms with E-state index in [0.29, 0.717) is 19.6 Å². The van der Waals surface area contributed by atoms with Gasteiger partial charge in [0.15, 0.2) is 0 Å². The van der Waals surface area contributed by atoms with Gasteiger partial charge in [0.2, 0.25) is 0 Å². The Morgan fingerprint density at radius 2 is 2.29 bits per heavy atom. The summed E-state index contributed by atoms with van der Waals surface area (Å²) in [7, 11) is 1.53. The molecule has 0 aromatic heterocycles. The predicted octanol–water partition coefficient (Wildman–Crippen LogP) is -0.892. The Hall–Kier alpha value is -0.850. The van der Waals surface area contributed by atoms with Crippen LogP contribution in [0.3, 0.4) is 0 Å². The smallest absolute Gasteiger partial charge is 0.140 e. The number of nitrogens with zero attached hydrogens (tertiary/aromatic N) is 1. The molecule has 0 aromatic carbocycles. The standard InChI is InChI=1S/C8H19N3O3/c1-6(3-8(9)11-13)10-4-7(12)5-14-2/h6-7,10,12-13H,3-5H2,1-2H3,(H2,9,11). The number of aliphatic hydroxyl groups excluding tert-OH is 1. The van der Waals surface area contributed by atoms with Gasteiger partial charge in [-0.05, 0) is 6.92 Å². The Morgan fingerprint density at radius 3 is 2.79 bits per heavy atom. The summed E-state index contributed by atoms with van der Waals surface area (Å²) >= 11 is 0. The van der Waals surface area contributed by atoms with Crippen LogP contribution >= 0.6 is 0 Å². The minimum Gasteiger partial charge on any atom is -0.409 e. The number of nitrogens with two attached hydrogens (primary N) is 1. The Balaban J connectivity index is 3.57. The van der Waals surface area contributed by atoms with E-state index < -0.39 is 6.10 Å². The van der Waals surface area contributed by atoms with Crippen LogP contribution in [0.15, 0.2) is 5.16 Å². The number of hydrogen-bond acceptors (Lipinski definition) is 5. The molecule has 0 saturated heterocycles. The monoisotopic (exact) mass is 205 g/mol. The fourth-order valence-electron chi connectivity index (χ4n) is 1.02. The van der Waals surface area contributed by atoms with Crippen LogP contribution in [0.1, 0.15) is 13.3 Å². The van der Waals surface area contributed by atoms with Crippen LogP contribution < -0.4 is 11.1 Å². The van der Waals surface area contributed by atoms with Crippen LogP contribution in [0.4, 0.5) is 0 Å². The Morgan fingerprint density at radius 1 is 1.64 bits per heavy atom. The van der Waals surface area contributed by atoms with Crippen LogP contribution in [0.2, 0.25) is 0 Å². The highest BCUT2D eigenvalue weighted by Gasteiger charge is 2.07. The fraction of sp³-hybridized carbons (Fsp3) is 0.875. The number of methoxy groups -OCH3 is 1. The summed E-state index contributed by atoms with van der Waals surface area (Å²) in [6.45, 7) is 2.61. The topological polar surface area (TPSA) is 100 Å². The summed E-state index contributed by atoms with van der Waals surface area (Å²) in [5.41, 5.74) is 5.31. The van der Waals surface area contributed by atoms with Gasteiger partial charge in [-0.25, -0.2) is 0 Å². The molecule has 0 aliphatic rings. The summed E-state index contributed by atoms with van der Waals surface area (Å²) < 4.78 is 4.76. The maximum Gasteiger partial charge on any atom is 0.140 e. The molecule has 0 aliphatic carbocycles. The summed E-state index contributed by atoms with van der Waals surface area (Å²) in [4.78, 5) is 0. The molecule has 0 radical (unpaired) electrons. The van der Waals surface area contributed by atoms with Crippen molar-refractivity contribution in [2.75, 3.05) is 20.3 Å². The van der Waals surface area contributed by atoms with E-state index in [1.54, 1.807) is 0 Å². The van der Waals surface area contributed by atoms with Crippen molar-refractivity contribution < 1.29 is 15.1 Å². The molecule has 0 spiro atoms. The average Bonchev–Trinajstić information content (AvgIpc) is 2.15. The second-order valence-electron chi connectivity index (χ2n) is 3.21. The number of rotatable bonds is 7. The third-order valence-corrected chi connectivity index (χ3v) is 1.70. The molecular weight excluding hydrogens is 186 g/mol. The molecule has 0 heterocycles. The first-order chi connectivity index (χ1) is 6.60. The number of aliphatic hydroxyl groups is 1. The molecule has 0 bridgehead atoms. The maximum atomic E-state index is 9.29. The molecule has 0 saturated carbocycles. The van der Waals surface area contributed by atoms with Gasteiger partial charge in [0.1, 0.15) is 5.84 Å². The summed E-state index contributed by atoms with van der Waals surface area (Å²) in [5.74, 6) is 0.172. The zero-order valence-electron chi connectivity index (χ0n) is 8.60. The first-order valence-electron chi connectivity index (χ1n) is 4.47. The normalized spacial score (nSPS) is 16.6. The van der Waals surface area contributed by atoms with Gasteiger partial charge in [-0.2, -0.15) is 0 Å². The number of hydrogen-bond donors (Lipinski definition) is 4. The lowest BCUT2D eigenvalue weighted by atomic mass is 10.2. The number of amidine groups is 1. The highest BCUT2D eigenvalue weighted by atomic mass is 16.5. The minimum absolute atomic E-state index is 0.0532. The average molecular weight is 205 g/mol. The quantitative estimate of drug-likeness (QED) is 0.187. The lowest BCUT2D eigenvalue weighted by Gasteiger charge is -2.15. The molecule has 84 valence electrons. The van der Waals surface area contributed by atoms with Crippen molar-refractivity contribution in [3.05, 3.63) is 0 Å². The molecule has 14 heavy (non-hydrogen) atoms. The zero-order chi connectivity index (χ0) is 11.0. The zero-order valence-corrected chi connectivity index (χ0v) is 8.60. The molecule has 0 aliphatic heterocycles. The fourth-order valence-corrected chi connectivity index (χ4v) is 1.02. The lowest BCUT2D eigenvalue weighted by Crippen LogP contribution is -2.37. The van der Waals surface area contributed by atoms with Gasteiger partial charge in [-0.3, -0.25) is 0 Å². The molecular formula is C8H19N3O3. The van der Waals surface area contributed by atoms with E-state index in [-0.39, 0.29) is 11.9 Å². The van der Waals surface area contributed by atoms with Gasteiger partial charge >= 0.3 is 0 Å². The van der Waals surface area contributed by atoms with Gasteiger partial charge in [0.25, 0.3) is 0 Å². The second kappa shape index (κ2) is 7.54. The van der Waals surface area contributed by atoms with Crippen LogP contribution in [0, 0.1) is 0 Å². The van der Waals surface area contributed by atoms with E-state index in [0.717, 1.165) is 0 Å². The van der Waals surface area contributed by atoms with Crippen molar-refractivity contribution in [3.63, 3.8) is 0 Å². The first kappa shape index (κ1) is 13.2. The van der Waals surface area contributed by atoms with Crippen molar-refractivity contribution in [1.29, 1.82) is 0 Å². The van der Waals surface area contributed by atoms with Gasteiger partial charge in [0, 0.05) is 26.1 Å². The molecule has 0 amide bonds. The number of nitrogens with one attached hydrogen (secondary N) is 1. The highest BCUT2D eigenvalue weighted by Crippen LogP contribution is 1.91. The van der Waals surface area contributed by atoms with Crippen molar-refractivity contribution >= 4 is 5.84 Å². The van der Waals surface area contributed by atoms with Crippen molar-refractivity contribution in [2.45, 2.75) is 25.5 Å². The van der Waals surface area contributed by atoms with Crippen molar-refractivity contribution in [1.82, 2.24) is 5.32 Å². The Kier molecular flexibility index (Phi) is 7.09. The van der Waals surface area contributed by atoms with Crippen LogP contribution in [0.5, 0.6) is 0 Å². The number of oxime groups is 1. The summed E-state index contributed by atoms with van der Waals surface area (Å²) in [6, 6.07) is 0.0532. The van der Waals surface area contributed by atoms with Gasteiger partial charge in [-0.15, -0.1) is 0 Å². The maximum absolute atomic E-state index is 9.29. The third kappa shape index (κ3) is 6.64. The first-order valence-corrected chi connectivity index (χ1v) is 4.47. The van der Waals surface area contributed by atoms with E-state index in [9.17, 15) is 5.11 Å². The van der Waals surface area contributed by atoms with E-state index in [1.807, 2.05) is 6.92 Å². The molecule has 5 N–H and O–H groups in total. The molecule has 2 atom stereocenters. The van der Waals surface area contributed by atoms with E-state index in [2.05, 4.69) is 10.5 Å². The van der Waals surface area contributed by atoms with E-state index >= 15 is 0 Å². The number of ether oxygens (including phenoxy) is 1. The SMILES string of the molecule is COCC(O)CNC(C)CC(N)=NO. The van der Waals surface area contributed by atoms with Crippen molar-refractivity contribution in [3.8, 4) is 0 Å². The largest absolute Gasteiger partial charge is 0.409 e. The molecule has 2 unspecified atom stereocenters. The van der Waals surface area contributed by atoms with Crippen LogP contribution in [0.25, 0.3) is 0 Å². The second-order valence-corrected chi connectivity index (χ2v) is 3.21. The van der Waals surface area contributed by atoms with Gasteiger partial charge in [0.05, 0.1) is 12.7 Å². The summed E-state index contributed by atoms with van der Waals surface area (Å²) in [5, 5.41) is 23.5. The predicted molar refractivity (Wildman–Crippen MR) is 53.4 cm³/mol. The van der Waals surface area contributed by atoms with Crippen LogP contribution in [-0.2, 0) is 4.74 Å². The minimum atomic E-state index is -0.533. The summed E-state index contributed by atoms with van der Waals surface area (Å²) in [6.07, 6.45) is -0.0920. The van der Waals surface area contributed by atoms with Gasteiger partial charge < -0.3 is 26.1 Å². The Labute approximate surface area is 83.7 Å². The Bertz CT molecular complexity index is 175. The van der Waals surface area contributed by atoms with Gasteiger partial charge in [-0.1, -0.05) is 5.16 Å². The van der Waals surface area contributed by atoms with E-state index in [4.69, 9.17) is 15.7 Å². The molecule has 0 rings (SSSR count). The highest BCUT2D eigenvalue weighted by molar-refractivity contribution is 5.80. The van der Waals surface area contributed by atoms with Crippen molar-refractivity contribution in [2.24, 2.45) is 10.9 Å². The lowest BCUT2D eigenvalue weighted by molar-refractivity contribution is 0.0632. The van der Waals surface area contributed by atoms with E-state index in [1.165, 1.54) is 7.11 Å². The molecule has 6 heteroatoms.